The van der Waals surface area contributed by atoms with Crippen molar-refractivity contribution in [3.05, 3.63) is 59.1 Å². The van der Waals surface area contributed by atoms with Gasteiger partial charge in [-0.3, -0.25) is 4.79 Å². The molecule has 1 amide bonds. The minimum Gasteiger partial charge on any atom is -0.493 e. The molecule has 0 saturated carbocycles. The third-order valence-electron chi connectivity index (χ3n) is 3.80. The second-order valence-electron chi connectivity index (χ2n) is 6.56. The first-order chi connectivity index (χ1) is 14.2. The zero-order valence-corrected chi connectivity index (χ0v) is 18.6. The van der Waals surface area contributed by atoms with Gasteiger partial charge in [-0.25, -0.2) is 13.1 Å². The van der Waals surface area contributed by atoms with E-state index >= 15 is 0 Å². The standard InChI is InChI=1S/C21H25ClN2O5S/c1-15(2)29-19-9-7-16(13-20(19)28-3)8-10-21(25)23-11-12-24-30(26,27)18-6-4-5-17(22)14-18/h4-10,13-15,24H,11-12H2,1-3H3,(H,23,25)/b10-8+. The summed E-state index contributed by atoms with van der Waals surface area (Å²) in [5, 5.41) is 2.95. The van der Waals surface area contributed by atoms with Gasteiger partial charge in [0.05, 0.1) is 18.1 Å². The van der Waals surface area contributed by atoms with Crippen molar-refractivity contribution in [2.24, 2.45) is 0 Å². The van der Waals surface area contributed by atoms with Crippen LogP contribution in [0.15, 0.2) is 53.4 Å². The van der Waals surface area contributed by atoms with Crippen LogP contribution in [-0.2, 0) is 14.8 Å². The van der Waals surface area contributed by atoms with Crippen molar-refractivity contribution < 1.29 is 22.7 Å². The number of benzene rings is 2. The fourth-order valence-corrected chi connectivity index (χ4v) is 3.79. The lowest BCUT2D eigenvalue weighted by atomic mass is 10.2. The third kappa shape index (κ3) is 7.37. The number of methoxy groups -OCH3 is 1. The number of carbonyl (C=O) groups excluding carboxylic acids is 1. The van der Waals surface area contributed by atoms with E-state index in [1.54, 1.807) is 37.5 Å². The Morgan fingerprint density at radius 2 is 1.90 bits per heavy atom. The van der Waals surface area contributed by atoms with E-state index in [0.717, 1.165) is 5.56 Å². The van der Waals surface area contributed by atoms with Crippen LogP contribution in [0.2, 0.25) is 5.02 Å². The number of ether oxygens (including phenoxy) is 2. The SMILES string of the molecule is COc1cc(/C=C/C(=O)NCCNS(=O)(=O)c2cccc(Cl)c2)ccc1OC(C)C. The van der Waals surface area contributed by atoms with E-state index in [9.17, 15) is 13.2 Å². The molecule has 0 bridgehead atoms. The van der Waals surface area contributed by atoms with Crippen LogP contribution >= 0.6 is 11.6 Å². The molecule has 0 radical (unpaired) electrons. The van der Waals surface area contributed by atoms with Crippen molar-refractivity contribution in [1.82, 2.24) is 10.0 Å². The molecule has 9 heteroatoms. The van der Waals surface area contributed by atoms with Gasteiger partial charge in [0.1, 0.15) is 0 Å². The summed E-state index contributed by atoms with van der Waals surface area (Å²) in [6, 6.07) is 11.3. The maximum absolute atomic E-state index is 12.2. The number of hydrogen-bond acceptors (Lipinski definition) is 5. The monoisotopic (exact) mass is 452 g/mol. The Morgan fingerprint density at radius 1 is 1.13 bits per heavy atom. The second kappa shape index (κ2) is 11.0. The van der Waals surface area contributed by atoms with Crippen LogP contribution in [0.25, 0.3) is 6.08 Å². The topological polar surface area (TPSA) is 93.7 Å². The molecule has 0 aromatic heterocycles. The molecular formula is C21H25ClN2O5S. The summed E-state index contributed by atoms with van der Waals surface area (Å²) in [5.74, 6) is 0.848. The lowest BCUT2D eigenvalue weighted by molar-refractivity contribution is -0.116. The molecular weight excluding hydrogens is 428 g/mol. The maximum atomic E-state index is 12.2. The molecule has 30 heavy (non-hydrogen) atoms. The quantitative estimate of drug-likeness (QED) is 0.426. The Balaban J connectivity index is 1.85. The molecule has 0 aliphatic rings. The highest BCUT2D eigenvalue weighted by Gasteiger charge is 2.13. The van der Waals surface area contributed by atoms with Gasteiger partial charge in [0, 0.05) is 24.2 Å². The van der Waals surface area contributed by atoms with Crippen LogP contribution in [-0.4, -0.2) is 40.6 Å². The van der Waals surface area contributed by atoms with E-state index in [1.807, 2.05) is 19.9 Å². The zero-order chi connectivity index (χ0) is 22.1. The van der Waals surface area contributed by atoms with Crippen molar-refractivity contribution >= 4 is 33.6 Å². The highest BCUT2D eigenvalue weighted by molar-refractivity contribution is 7.89. The van der Waals surface area contributed by atoms with Crippen LogP contribution in [0, 0.1) is 0 Å². The smallest absolute Gasteiger partial charge is 0.244 e. The maximum Gasteiger partial charge on any atom is 0.244 e. The molecule has 2 rings (SSSR count). The van der Waals surface area contributed by atoms with Crippen LogP contribution < -0.4 is 19.5 Å². The lowest BCUT2D eigenvalue weighted by Crippen LogP contribution is -2.34. The van der Waals surface area contributed by atoms with Crippen LogP contribution in [0.3, 0.4) is 0 Å². The van der Waals surface area contributed by atoms with Gasteiger partial charge in [0.15, 0.2) is 11.5 Å². The van der Waals surface area contributed by atoms with Crippen molar-refractivity contribution in [2.45, 2.75) is 24.8 Å². The third-order valence-corrected chi connectivity index (χ3v) is 5.49. The predicted octanol–water partition coefficient (Wildman–Crippen LogP) is 3.24. The van der Waals surface area contributed by atoms with Crippen molar-refractivity contribution in [2.75, 3.05) is 20.2 Å². The van der Waals surface area contributed by atoms with Crippen LogP contribution in [0.4, 0.5) is 0 Å². The van der Waals surface area contributed by atoms with E-state index in [4.69, 9.17) is 21.1 Å². The summed E-state index contributed by atoms with van der Waals surface area (Å²) in [6.45, 7) is 4.02. The lowest BCUT2D eigenvalue weighted by Gasteiger charge is -2.13. The normalized spacial score (nSPS) is 11.6. The predicted molar refractivity (Wildman–Crippen MR) is 117 cm³/mol. The molecule has 0 fully saturated rings. The molecule has 0 atom stereocenters. The van der Waals surface area contributed by atoms with Gasteiger partial charge < -0.3 is 14.8 Å². The fraction of sp³-hybridized carbons (Fsp3) is 0.286. The van der Waals surface area contributed by atoms with E-state index in [0.29, 0.717) is 16.5 Å². The number of amides is 1. The van der Waals surface area contributed by atoms with Crippen molar-refractivity contribution in [1.29, 1.82) is 0 Å². The molecule has 0 saturated heterocycles. The summed E-state index contributed by atoms with van der Waals surface area (Å²) in [6.07, 6.45) is 3.01. The Morgan fingerprint density at radius 3 is 2.57 bits per heavy atom. The van der Waals surface area contributed by atoms with Gasteiger partial charge in [0.25, 0.3) is 0 Å². The molecule has 0 heterocycles. The number of nitrogens with one attached hydrogen (secondary N) is 2. The molecule has 0 spiro atoms. The average Bonchev–Trinajstić information content (AvgIpc) is 2.70. The Hall–Kier alpha value is -2.55. The van der Waals surface area contributed by atoms with E-state index < -0.39 is 10.0 Å². The van der Waals surface area contributed by atoms with Crippen molar-refractivity contribution in [3.63, 3.8) is 0 Å². The molecule has 2 aromatic rings. The number of sulfonamides is 1. The summed E-state index contributed by atoms with van der Waals surface area (Å²) in [5.41, 5.74) is 0.764. The second-order valence-corrected chi connectivity index (χ2v) is 8.76. The Labute approximate surface area is 182 Å². The van der Waals surface area contributed by atoms with Crippen LogP contribution in [0.5, 0.6) is 11.5 Å². The number of hydrogen-bond donors (Lipinski definition) is 2. The molecule has 2 N–H and O–H groups in total. The fourth-order valence-electron chi connectivity index (χ4n) is 2.46. The molecule has 2 aromatic carbocycles. The Bertz CT molecular complexity index is 1010. The van der Waals surface area contributed by atoms with Crippen molar-refractivity contribution in [3.8, 4) is 11.5 Å². The highest BCUT2D eigenvalue weighted by atomic mass is 35.5. The Kier molecular flexibility index (Phi) is 8.71. The molecule has 0 aliphatic carbocycles. The van der Waals surface area contributed by atoms with Gasteiger partial charge >= 0.3 is 0 Å². The van der Waals surface area contributed by atoms with Gasteiger partial charge in [0.2, 0.25) is 15.9 Å². The number of rotatable bonds is 10. The molecule has 0 aliphatic heterocycles. The first kappa shape index (κ1) is 23.7. The van der Waals surface area contributed by atoms with Gasteiger partial charge in [-0.1, -0.05) is 23.7 Å². The zero-order valence-electron chi connectivity index (χ0n) is 17.0. The molecule has 162 valence electrons. The summed E-state index contributed by atoms with van der Waals surface area (Å²) in [7, 11) is -2.14. The first-order valence-electron chi connectivity index (χ1n) is 9.27. The van der Waals surface area contributed by atoms with E-state index in [2.05, 4.69) is 10.0 Å². The summed E-state index contributed by atoms with van der Waals surface area (Å²) in [4.78, 5) is 12.0. The van der Waals surface area contributed by atoms with E-state index in [1.165, 1.54) is 18.2 Å². The average molecular weight is 453 g/mol. The van der Waals surface area contributed by atoms with Gasteiger partial charge in [-0.05, 0) is 55.8 Å². The van der Waals surface area contributed by atoms with Crippen LogP contribution in [0.1, 0.15) is 19.4 Å². The summed E-state index contributed by atoms with van der Waals surface area (Å²) >= 11 is 5.82. The minimum atomic E-state index is -3.69. The molecule has 7 nitrogen and oxygen atoms in total. The number of halogens is 1. The first-order valence-corrected chi connectivity index (χ1v) is 11.1. The largest absolute Gasteiger partial charge is 0.493 e. The highest BCUT2D eigenvalue weighted by Crippen LogP contribution is 2.29. The van der Waals surface area contributed by atoms with Gasteiger partial charge in [-0.2, -0.15) is 0 Å². The van der Waals surface area contributed by atoms with Gasteiger partial charge in [-0.15, -0.1) is 0 Å². The minimum absolute atomic E-state index is 0.0161. The number of carbonyl (C=O) groups is 1. The van der Waals surface area contributed by atoms with E-state index in [-0.39, 0.29) is 30.0 Å². The summed E-state index contributed by atoms with van der Waals surface area (Å²) < 4.78 is 37.7. The molecule has 0 unspecified atom stereocenters.